The minimum Gasteiger partial charge on any atom is -0.494 e. The predicted molar refractivity (Wildman–Crippen MR) is 114 cm³/mol. The molecule has 0 saturated heterocycles. The lowest BCUT2D eigenvalue weighted by atomic mass is 10.3. The normalized spacial score (nSPS) is 11.6. The molecule has 30 heavy (non-hydrogen) atoms. The van der Waals surface area contributed by atoms with Crippen LogP contribution in [0.4, 0.5) is 0 Å². The molecule has 0 unspecified atom stereocenters. The first-order valence-corrected chi connectivity index (χ1v) is 9.94. The van der Waals surface area contributed by atoms with Crippen molar-refractivity contribution in [2.75, 3.05) is 13.2 Å². The Balaban J connectivity index is 2.03. The molecule has 0 aliphatic carbocycles. The van der Waals surface area contributed by atoms with E-state index in [-0.39, 0.29) is 13.2 Å². The summed E-state index contributed by atoms with van der Waals surface area (Å²) in [5.41, 5.74) is 2.54. The number of benzene rings is 1. The SMILES string of the molecule is CCOc1ccc(-n2c(C)c(C)n3c4c(=O)n(CCCO)c(=O)n(C)c4nc23)cc1. The quantitative estimate of drug-likeness (QED) is 0.519. The van der Waals surface area contributed by atoms with E-state index in [2.05, 4.69) is 4.98 Å². The fourth-order valence-electron chi connectivity index (χ4n) is 3.84. The van der Waals surface area contributed by atoms with E-state index >= 15 is 0 Å². The minimum absolute atomic E-state index is 0.0955. The fraction of sp³-hybridized carbons (Fsp3) is 0.381. The van der Waals surface area contributed by atoms with Crippen molar-refractivity contribution in [1.82, 2.24) is 23.1 Å². The van der Waals surface area contributed by atoms with Gasteiger partial charge < -0.3 is 9.84 Å². The summed E-state index contributed by atoms with van der Waals surface area (Å²) >= 11 is 0. The summed E-state index contributed by atoms with van der Waals surface area (Å²) in [5, 5.41) is 9.13. The van der Waals surface area contributed by atoms with Gasteiger partial charge in [-0.2, -0.15) is 4.98 Å². The van der Waals surface area contributed by atoms with Gasteiger partial charge in [0.1, 0.15) is 5.75 Å². The summed E-state index contributed by atoms with van der Waals surface area (Å²) in [7, 11) is 1.61. The Labute approximate surface area is 172 Å². The summed E-state index contributed by atoms with van der Waals surface area (Å²) in [5.74, 6) is 1.35. The van der Waals surface area contributed by atoms with Gasteiger partial charge in [-0.05, 0) is 51.5 Å². The highest BCUT2D eigenvalue weighted by Crippen LogP contribution is 2.25. The number of aromatic nitrogens is 5. The summed E-state index contributed by atoms with van der Waals surface area (Å²) in [4.78, 5) is 30.5. The topological polar surface area (TPSA) is 95.7 Å². The lowest BCUT2D eigenvalue weighted by molar-refractivity contribution is 0.277. The summed E-state index contributed by atoms with van der Waals surface area (Å²) in [6.07, 6.45) is 0.327. The summed E-state index contributed by atoms with van der Waals surface area (Å²) < 4.78 is 11.8. The van der Waals surface area contributed by atoms with Crippen LogP contribution in [-0.2, 0) is 13.6 Å². The first kappa shape index (κ1) is 20.0. The maximum Gasteiger partial charge on any atom is 0.332 e. The Kier molecular flexibility index (Phi) is 4.98. The number of hydrogen-bond acceptors (Lipinski definition) is 5. The Morgan fingerprint density at radius 3 is 2.43 bits per heavy atom. The Morgan fingerprint density at radius 2 is 1.80 bits per heavy atom. The molecule has 0 aliphatic rings. The number of hydrogen-bond donors (Lipinski definition) is 1. The monoisotopic (exact) mass is 411 g/mol. The van der Waals surface area contributed by atoms with E-state index in [4.69, 9.17) is 9.84 Å². The molecule has 0 bridgehead atoms. The van der Waals surface area contributed by atoms with Crippen LogP contribution < -0.4 is 16.0 Å². The third-order valence-electron chi connectivity index (χ3n) is 5.46. The van der Waals surface area contributed by atoms with Gasteiger partial charge in [-0.3, -0.25) is 22.9 Å². The van der Waals surface area contributed by atoms with Crippen molar-refractivity contribution in [3.8, 4) is 11.4 Å². The van der Waals surface area contributed by atoms with Gasteiger partial charge >= 0.3 is 5.69 Å². The highest BCUT2D eigenvalue weighted by Gasteiger charge is 2.23. The molecule has 4 aromatic rings. The lowest BCUT2D eigenvalue weighted by Gasteiger charge is -2.09. The molecule has 9 heteroatoms. The Hall–Kier alpha value is -3.33. The molecular weight excluding hydrogens is 386 g/mol. The molecule has 0 amide bonds. The number of fused-ring (bicyclic) bond motifs is 3. The number of aliphatic hydroxyl groups excluding tert-OH is 1. The van der Waals surface area contributed by atoms with E-state index in [1.54, 1.807) is 11.4 Å². The largest absolute Gasteiger partial charge is 0.494 e. The zero-order valence-corrected chi connectivity index (χ0v) is 17.5. The van der Waals surface area contributed by atoms with Crippen LogP contribution in [0.2, 0.25) is 0 Å². The first-order chi connectivity index (χ1) is 14.4. The van der Waals surface area contributed by atoms with Crippen LogP contribution >= 0.6 is 0 Å². The van der Waals surface area contributed by atoms with Gasteiger partial charge in [-0.1, -0.05) is 0 Å². The van der Waals surface area contributed by atoms with Gasteiger partial charge in [0.25, 0.3) is 5.56 Å². The zero-order valence-electron chi connectivity index (χ0n) is 17.5. The third kappa shape index (κ3) is 2.85. The zero-order chi connectivity index (χ0) is 21.6. The Bertz CT molecular complexity index is 1360. The van der Waals surface area contributed by atoms with Crippen LogP contribution in [0.15, 0.2) is 33.9 Å². The molecule has 0 fully saturated rings. The van der Waals surface area contributed by atoms with Crippen molar-refractivity contribution in [2.45, 2.75) is 33.7 Å². The van der Waals surface area contributed by atoms with Gasteiger partial charge in [0.15, 0.2) is 11.2 Å². The first-order valence-electron chi connectivity index (χ1n) is 9.94. The maximum absolute atomic E-state index is 13.2. The van der Waals surface area contributed by atoms with Crippen LogP contribution in [0.25, 0.3) is 22.6 Å². The number of ether oxygens (including phenoxy) is 1. The minimum atomic E-state index is -0.441. The van der Waals surface area contributed by atoms with E-state index in [0.29, 0.717) is 30.0 Å². The summed E-state index contributed by atoms with van der Waals surface area (Å²) in [6.45, 7) is 6.48. The molecule has 9 nitrogen and oxygen atoms in total. The number of imidazole rings is 2. The van der Waals surface area contributed by atoms with Crippen LogP contribution in [-0.4, -0.2) is 41.4 Å². The van der Waals surface area contributed by atoms with E-state index in [0.717, 1.165) is 27.4 Å². The van der Waals surface area contributed by atoms with Crippen molar-refractivity contribution < 1.29 is 9.84 Å². The average Bonchev–Trinajstić information content (AvgIpc) is 3.23. The molecule has 158 valence electrons. The molecule has 1 aromatic carbocycles. The fourth-order valence-corrected chi connectivity index (χ4v) is 3.84. The molecule has 0 atom stereocenters. The predicted octanol–water partition coefficient (Wildman–Crippen LogP) is 1.54. The Morgan fingerprint density at radius 1 is 1.10 bits per heavy atom. The number of aliphatic hydroxyl groups is 1. The second-order valence-corrected chi connectivity index (χ2v) is 7.23. The van der Waals surface area contributed by atoms with E-state index in [1.807, 2.05) is 49.6 Å². The molecule has 4 rings (SSSR count). The second kappa shape index (κ2) is 7.49. The van der Waals surface area contributed by atoms with Gasteiger partial charge in [0.2, 0.25) is 5.78 Å². The number of nitrogens with zero attached hydrogens (tertiary/aromatic N) is 5. The summed E-state index contributed by atoms with van der Waals surface area (Å²) in [6, 6.07) is 7.67. The molecule has 3 heterocycles. The standard InChI is InChI=1S/C21H25N5O4/c1-5-30-16-9-7-15(8-10-16)25-13(2)14(3)26-17-18(22-20(25)26)23(4)21(29)24(19(17)28)11-6-12-27/h7-10,27H,5-6,11-12H2,1-4H3. The molecule has 0 radical (unpaired) electrons. The van der Waals surface area contributed by atoms with Gasteiger partial charge in [-0.25, -0.2) is 4.79 Å². The maximum atomic E-state index is 13.2. The van der Waals surface area contributed by atoms with E-state index in [9.17, 15) is 9.59 Å². The van der Waals surface area contributed by atoms with Gasteiger partial charge in [0.05, 0.1) is 6.61 Å². The van der Waals surface area contributed by atoms with Crippen molar-refractivity contribution in [3.63, 3.8) is 0 Å². The molecule has 0 saturated carbocycles. The molecule has 3 aromatic heterocycles. The molecular formula is C21H25N5O4. The van der Waals surface area contributed by atoms with Crippen LogP contribution in [0.3, 0.4) is 0 Å². The van der Waals surface area contributed by atoms with Crippen LogP contribution in [0, 0.1) is 13.8 Å². The van der Waals surface area contributed by atoms with Gasteiger partial charge in [0, 0.05) is 37.3 Å². The lowest BCUT2D eigenvalue weighted by Crippen LogP contribution is -2.39. The molecule has 0 aliphatic heterocycles. The van der Waals surface area contributed by atoms with Crippen molar-refractivity contribution in [1.29, 1.82) is 0 Å². The third-order valence-corrected chi connectivity index (χ3v) is 5.46. The second-order valence-electron chi connectivity index (χ2n) is 7.23. The van der Waals surface area contributed by atoms with Crippen LogP contribution in [0.5, 0.6) is 5.75 Å². The van der Waals surface area contributed by atoms with E-state index < -0.39 is 11.2 Å². The highest BCUT2D eigenvalue weighted by molar-refractivity contribution is 5.77. The van der Waals surface area contributed by atoms with Crippen molar-refractivity contribution in [2.24, 2.45) is 7.05 Å². The average molecular weight is 411 g/mol. The van der Waals surface area contributed by atoms with Gasteiger partial charge in [-0.15, -0.1) is 0 Å². The smallest absolute Gasteiger partial charge is 0.332 e. The van der Waals surface area contributed by atoms with E-state index in [1.165, 1.54) is 4.57 Å². The van der Waals surface area contributed by atoms with Crippen molar-refractivity contribution >= 4 is 16.9 Å². The molecule has 0 spiro atoms. The van der Waals surface area contributed by atoms with Crippen molar-refractivity contribution in [3.05, 3.63) is 56.5 Å². The molecule has 1 N–H and O–H groups in total. The number of aryl methyl sites for hydroxylation is 2. The highest BCUT2D eigenvalue weighted by atomic mass is 16.5. The number of rotatable bonds is 6. The van der Waals surface area contributed by atoms with Crippen LogP contribution in [0.1, 0.15) is 24.7 Å².